The zero-order chi connectivity index (χ0) is 17.1. The summed E-state index contributed by atoms with van der Waals surface area (Å²) in [5.74, 6) is -0.901. The molecule has 0 saturated carbocycles. The van der Waals surface area contributed by atoms with Gasteiger partial charge in [-0.1, -0.05) is 49.9 Å². The molecular formula is C18H18N2O3S. The van der Waals surface area contributed by atoms with Crippen molar-refractivity contribution in [3.05, 3.63) is 45.7 Å². The van der Waals surface area contributed by atoms with E-state index in [4.69, 9.17) is 4.98 Å². The van der Waals surface area contributed by atoms with Gasteiger partial charge in [0.15, 0.2) is 5.16 Å². The van der Waals surface area contributed by atoms with Crippen LogP contribution < -0.4 is 5.56 Å². The maximum atomic E-state index is 13.2. The van der Waals surface area contributed by atoms with E-state index >= 15 is 0 Å². The van der Waals surface area contributed by atoms with Crippen molar-refractivity contribution in [2.24, 2.45) is 0 Å². The molecular weight excluding hydrogens is 324 g/mol. The Morgan fingerprint density at radius 2 is 2.21 bits per heavy atom. The van der Waals surface area contributed by atoms with Gasteiger partial charge in [0.2, 0.25) is 0 Å². The third-order valence-corrected chi connectivity index (χ3v) is 6.40. The Morgan fingerprint density at radius 1 is 1.46 bits per heavy atom. The quantitative estimate of drug-likeness (QED) is 0.850. The van der Waals surface area contributed by atoms with Crippen molar-refractivity contribution in [3.63, 3.8) is 0 Å². The van der Waals surface area contributed by atoms with Crippen LogP contribution in [0.5, 0.6) is 0 Å². The Balaban J connectivity index is 2.00. The van der Waals surface area contributed by atoms with Crippen LogP contribution in [-0.4, -0.2) is 25.9 Å². The molecule has 0 bridgehead atoms. The molecule has 124 valence electrons. The summed E-state index contributed by atoms with van der Waals surface area (Å²) in [7, 11) is 0. The van der Waals surface area contributed by atoms with Crippen LogP contribution in [-0.2, 0) is 23.2 Å². The van der Waals surface area contributed by atoms with Crippen LogP contribution in [0.4, 0.5) is 0 Å². The number of hydrogen-bond donors (Lipinski definition) is 1. The van der Waals surface area contributed by atoms with E-state index < -0.39 is 11.2 Å². The second-order valence-electron chi connectivity index (χ2n) is 6.73. The third kappa shape index (κ3) is 2.05. The number of thioether (sulfide) groups is 1. The summed E-state index contributed by atoms with van der Waals surface area (Å²) in [6, 6.07) is 8.05. The first-order valence-corrected chi connectivity index (χ1v) is 8.95. The molecule has 0 unspecified atom stereocenters. The van der Waals surface area contributed by atoms with Gasteiger partial charge >= 0.3 is 5.97 Å². The summed E-state index contributed by atoms with van der Waals surface area (Å²) in [5.41, 5.74) is 3.31. The molecule has 2 atom stereocenters. The molecule has 2 aliphatic rings. The Morgan fingerprint density at radius 3 is 2.92 bits per heavy atom. The van der Waals surface area contributed by atoms with Crippen molar-refractivity contribution in [1.82, 2.24) is 9.55 Å². The lowest BCUT2D eigenvalue weighted by Crippen LogP contribution is -2.39. The topological polar surface area (TPSA) is 72.2 Å². The summed E-state index contributed by atoms with van der Waals surface area (Å²) >= 11 is 1.17. The normalized spacial score (nSPS) is 24.2. The fourth-order valence-electron chi connectivity index (χ4n) is 3.70. The average molecular weight is 342 g/mol. The Bertz CT molecular complexity index is 921. The molecule has 1 aliphatic carbocycles. The van der Waals surface area contributed by atoms with E-state index in [9.17, 15) is 14.7 Å². The number of carboxylic acid groups (broad SMARTS) is 1. The SMILES string of the molecule is CC[C@]1(C)Cc2ccccc2-c2nc3n(c(=O)c21)C[C@@H](C(=O)O)S3. The van der Waals surface area contributed by atoms with Crippen molar-refractivity contribution in [2.75, 3.05) is 0 Å². The molecule has 4 rings (SSSR count). The average Bonchev–Trinajstić information content (AvgIpc) is 3.00. The van der Waals surface area contributed by atoms with E-state index in [1.54, 1.807) is 4.57 Å². The molecule has 0 spiro atoms. The van der Waals surface area contributed by atoms with E-state index in [0.29, 0.717) is 5.16 Å². The van der Waals surface area contributed by atoms with Gasteiger partial charge in [0.05, 0.1) is 17.8 Å². The van der Waals surface area contributed by atoms with Crippen molar-refractivity contribution in [1.29, 1.82) is 0 Å². The number of fused-ring (bicyclic) bond motifs is 4. The van der Waals surface area contributed by atoms with Gasteiger partial charge in [-0.15, -0.1) is 0 Å². The van der Waals surface area contributed by atoms with Crippen molar-refractivity contribution in [2.45, 2.75) is 49.1 Å². The number of aromatic nitrogens is 2. The van der Waals surface area contributed by atoms with Crippen LogP contribution in [0, 0.1) is 0 Å². The molecule has 2 aromatic rings. The molecule has 0 fully saturated rings. The second kappa shape index (κ2) is 5.21. The van der Waals surface area contributed by atoms with Crippen LogP contribution in [0.1, 0.15) is 31.4 Å². The van der Waals surface area contributed by atoms with Gasteiger partial charge in [0.1, 0.15) is 5.25 Å². The molecule has 0 amide bonds. The van der Waals surface area contributed by atoms with E-state index in [0.717, 1.165) is 29.7 Å². The van der Waals surface area contributed by atoms with Gasteiger partial charge in [-0.2, -0.15) is 0 Å². The highest BCUT2D eigenvalue weighted by Crippen LogP contribution is 2.44. The van der Waals surface area contributed by atoms with Crippen molar-refractivity contribution < 1.29 is 9.90 Å². The molecule has 24 heavy (non-hydrogen) atoms. The maximum absolute atomic E-state index is 13.2. The Labute approximate surface area is 143 Å². The van der Waals surface area contributed by atoms with Crippen LogP contribution in [0.2, 0.25) is 0 Å². The fourth-order valence-corrected chi connectivity index (χ4v) is 4.71. The zero-order valence-electron chi connectivity index (χ0n) is 13.6. The molecule has 1 aromatic carbocycles. The number of rotatable bonds is 2. The van der Waals surface area contributed by atoms with Crippen molar-refractivity contribution >= 4 is 17.7 Å². The lowest BCUT2D eigenvalue weighted by atomic mass is 9.69. The van der Waals surface area contributed by atoms with Crippen LogP contribution in [0.15, 0.2) is 34.2 Å². The largest absolute Gasteiger partial charge is 0.480 e. The predicted molar refractivity (Wildman–Crippen MR) is 92.6 cm³/mol. The van der Waals surface area contributed by atoms with Crippen LogP contribution in [0.25, 0.3) is 11.3 Å². The van der Waals surface area contributed by atoms with E-state index in [2.05, 4.69) is 19.9 Å². The molecule has 5 nitrogen and oxygen atoms in total. The molecule has 6 heteroatoms. The van der Waals surface area contributed by atoms with Gasteiger partial charge in [-0.3, -0.25) is 14.2 Å². The van der Waals surface area contributed by atoms with E-state index in [-0.39, 0.29) is 17.5 Å². The maximum Gasteiger partial charge on any atom is 0.318 e. The highest BCUT2D eigenvalue weighted by Gasteiger charge is 2.40. The molecule has 1 N–H and O–H groups in total. The molecule has 1 aliphatic heterocycles. The summed E-state index contributed by atoms with van der Waals surface area (Å²) in [4.78, 5) is 29.2. The zero-order valence-corrected chi connectivity index (χ0v) is 14.4. The summed E-state index contributed by atoms with van der Waals surface area (Å²) < 4.78 is 1.55. The van der Waals surface area contributed by atoms with Gasteiger partial charge in [-0.05, 0) is 18.4 Å². The molecule has 2 heterocycles. The summed E-state index contributed by atoms with van der Waals surface area (Å²) in [6.45, 7) is 4.38. The summed E-state index contributed by atoms with van der Waals surface area (Å²) in [5, 5.41) is 9.16. The first kappa shape index (κ1) is 15.4. The van der Waals surface area contributed by atoms with E-state index in [1.165, 1.54) is 17.3 Å². The lowest BCUT2D eigenvalue weighted by molar-refractivity contribution is -0.136. The molecule has 1 aromatic heterocycles. The summed E-state index contributed by atoms with van der Waals surface area (Å²) in [6.07, 6.45) is 1.64. The smallest absolute Gasteiger partial charge is 0.318 e. The van der Waals surface area contributed by atoms with Gasteiger partial charge in [0, 0.05) is 11.0 Å². The number of carbonyl (C=O) groups is 1. The van der Waals surface area contributed by atoms with Crippen molar-refractivity contribution in [3.8, 4) is 11.3 Å². The number of benzene rings is 1. The van der Waals surface area contributed by atoms with Crippen LogP contribution in [0.3, 0.4) is 0 Å². The number of hydrogen-bond acceptors (Lipinski definition) is 4. The first-order chi connectivity index (χ1) is 11.4. The predicted octanol–water partition coefficient (Wildman–Crippen LogP) is 2.69. The fraction of sp³-hybridized carbons (Fsp3) is 0.389. The third-order valence-electron chi connectivity index (χ3n) is 5.24. The lowest BCUT2D eigenvalue weighted by Gasteiger charge is -2.35. The van der Waals surface area contributed by atoms with Gasteiger partial charge in [-0.25, -0.2) is 4.98 Å². The minimum Gasteiger partial charge on any atom is -0.480 e. The highest BCUT2D eigenvalue weighted by molar-refractivity contribution is 8.00. The van der Waals surface area contributed by atoms with Gasteiger partial charge < -0.3 is 5.11 Å². The van der Waals surface area contributed by atoms with E-state index in [1.807, 2.05) is 18.2 Å². The Hall–Kier alpha value is -2.08. The standard InChI is InChI=1S/C18H18N2O3S/c1-3-18(2)8-10-6-4-5-7-11(10)14-13(18)15(21)20-9-12(16(22)23)24-17(20)19-14/h4-7,12H,3,8-9H2,1-2H3,(H,22,23)/t12-,18+/m0/s1. The molecule has 0 radical (unpaired) electrons. The highest BCUT2D eigenvalue weighted by atomic mass is 32.2. The number of nitrogens with zero attached hydrogens (tertiary/aromatic N) is 2. The van der Waals surface area contributed by atoms with Crippen LogP contribution >= 0.6 is 11.8 Å². The minimum atomic E-state index is -0.901. The second-order valence-corrected chi connectivity index (χ2v) is 7.90. The number of carboxylic acids is 1. The molecule has 0 saturated heterocycles. The number of aliphatic carboxylic acids is 1. The first-order valence-electron chi connectivity index (χ1n) is 8.07. The monoisotopic (exact) mass is 342 g/mol. The van der Waals surface area contributed by atoms with Gasteiger partial charge in [0.25, 0.3) is 5.56 Å². The Kier molecular flexibility index (Phi) is 3.35. The minimum absolute atomic E-state index is 0.0786.